The Morgan fingerprint density at radius 2 is 1.86 bits per heavy atom. The molecule has 0 spiro atoms. The summed E-state index contributed by atoms with van der Waals surface area (Å²) in [5.74, 6) is -0.0104. The predicted molar refractivity (Wildman–Crippen MR) is 87.0 cm³/mol. The second-order valence-electron chi connectivity index (χ2n) is 6.08. The average molecular weight is 306 g/mol. The van der Waals surface area contributed by atoms with Crippen molar-refractivity contribution in [1.29, 1.82) is 0 Å². The van der Waals surface area contributed by atoms with E-state index in [9.17, 15) is 9.18 Å². The van der Waals surface area contributed by atoms with Crippen LogP contribution in [-0.2, 0) is 11.3 Å². The van der Waals surface area contributed by atoms with E-state index in [0.717, 1.165) is 38.0 Å². The fourth-order valence-corrected chi connectivity index (χ4v) is 2.96. The van der Waals surface area contributed by atoms with E-state index in [1.807, 2.05) is 17.9 Å². The van der Waals surface area contributed by atoms with Crippen LogP contribution in [0, 0.1) is 5.82 Å². The maximum atomic E-state index is 13.3. The lowest BCUT2D eigenvalue weighted by Crippen LogP contribution is -2.41. The molecule has 1 amide bonds. The van der Waals surface area contributed by atoms with Gasteiger partial charge in [-0.25, -0.2) is 4.39 Å². The van der Waals surface area contributed by atoms with Crippen LogP contribution in [0.25, 0.3) is 0 Å². The third kappa shape index (κ3) is 5.41. The van der Waals surface area contributed by atoms with E-state index in [1.54, 1.807) is 12.1 Å². The first-order valence-corrected chi connectivity index (χ1v) is 8.43. The van der Waals surface area contributed by atoms with Gasteiger partial charge in [0.25, 0.3) is 0 Å². The molecule has 0 unspecified atom stereocenters. The molecule has 22 heavy (non-hydrogen) atoms. The zero-order valence-electron chi connectivity index (χ0n) is 13.6. The molecule has 3 nitrogen and oxygen atoms in total. The first-order chi connectivity index (χ1) is 10.7. The van der Waals surface area contributed by atoms with Crippen molar-refractivity contribution < 1.29 is 9.18 Å². The summed E-state index contributed by atoms with van der Waals surface area (Å²) in [6, 6.07) is 6.62. The summed E-state index contributed by atoms with van der Waals surface area (Å²) in [6.45, 7) is 5.64. The highest BCUT2D eigenvalue weighted by molar-refractivity contribution is 5.78. The third-order valence-electron chi connectivity index (χ3n) is 4.31. The Hall–Kier alpha value is -1.42. The Bertz CT molecular complexity index is 470. The lowest BCUT2D eigenvalue weighted by atomic mass is 10.1. The van der Waals surface area contributed by atoms with E-state index in [-0.39, 0.29) is 11.7 Å². The van der Waals surface area contributed by atoms with E-state index in [1.165, 1.54) is 25.3 Å². The number of amides is 1. The Morgan fingerprint density at radius 3 is 2.50 bits per heavy atom. The monoisotopic (exact) mass is 306 g/mol. The van der Waals surface area contributed by atoms with Crippen LogP contribution >= 0.6 is 0 Å². The number of halogens is 1. The van der Waals surface area contributed by atoms with Gasteiger partial charge in [-0.05, 0) is 37.1 Å². The highest BCUT2D eigenvalue weighted by Crippen LogP contribution is 2.12. The van der Waals surface area contributed by atoms with Crippen molar-refractivity contribution in [2.45, 2.75) is 45.6 Å². The summed E-state index contributed by atoms with van der Waals surface area (Å²) in [6.07, 6.45) is 5.97. The summed E-state index contributed by atoms with van der Waals surface area (Å²) in [4.78, 5) is 16.6. The van der Waals surface area contributed by atoms with Gasteiger partial charge in [0.15, 0.2) is 0 Å². The van der Waals surface area contributed by atoms with Crippen LogP contribution in [0.5, 0.6) is 0 Å². The van der Waals surface area contributed by atoms with Crippen LogP contribution in [0.4, 0.5) is 4.39 Å². The van der Waals surface area contributed by atoms with Gasteiger partial charge >= 0.3 is 0 Å². The number of likely N-dealkylation sites (N-methyl/N-ethyl adjacent to an activating group) is 1. The smallest absolute Gasteiger partial charge is 0.236 e. The molecule has 0 atom stereocenters. The zero-order chi connectivity index (χ0) is 15.8. The molecule has 0 aliphatic carbocycles. The molecule has 122 valence electrons. The van der Waals surface area contributed by atoms with Gasteiger partial charge < -0.3 is 4.90 Å². The molecule has 0 bridgehead atoms. The molecule has 4 heteroatoms. The quantitative estimate of drug-likeness (QED) is 0.832. The normalized spacial score (nSPS) is 16.4. The molecule has 0 N–H and O–H groups in total. The van der Waals surface area contributed by atoms with Crippen molar-refractivity contribution in [2.75, 3.05) is 26.2 Å². The van der Waals surface area contributed by atoms with Gasteiger partial charge in [0, 0.05) is 19.6 Å². The number of hydrogen-bond donors (Lipinski definition) is 0. The van der Waals surface area contributed by atoms with Gasteiger partial charge in [0.05, 0.1) is 6.54 Å². The molecule has 0 aromatic heterocycles. The van der Waals surface area contributed by atoms with Crippen LogP contribution in [0.2, 0.25) is 0 Å². The van der Waals surface area contributed by atoms with Crippen LogP contribution < -0.4 is 0 Å². The largest absolute Gasteiger partial charge is 0.342 e. The van der Waals surface area contributed by atoms with Gasteiger partial charge in [0.2, 0.25) is 5.91 Å². The topological polar surface area (TPSA) is 23.6 Å². The average Bonchev–Trinajstić information content (AvgIpc) is 2.46. The SMILES string of the molecule is CCN(CC(=O)N1CCCCCCC1)Cc1cccc(F)c1. The molecule has 1 aromatic carbocycles. The van der Waals surface area contributed by atoms with Crippen molar-refractivity contribution in [2.24, 2.45) is 0 Å². The lowest BCUT2D eigenvalue weighted by molar-refractivity contribution is -0.132. The van der Waals surface area contributed by atoms with Crippen molar-refractivity contribution in [1.82, 2.24) is 9.80 Å². The maximum absolute atomic E-state index is 13.3. The molecule has 1 fully saturated rings. The van der Waals surface area contributed by atoms with Crippen molar-refractivity contribution in [3.8, 4) is 0 Å². The van der Waals surface area contributed by atoms with Crippen LogP contribution in [0.3, 0.4) is 0 Å². The van der Waals surface area contributed by atoms with Gasteiger partial charge in [-0.2, -0.15) is 0 Å². The van der Waals surface area contributed by atoms with E-state index >= 15 is 0 Å². The molecule has 1 aromatic rings. The maximum Gasteiger partial charge on any atom is 0.236 e. The summed E-state index contributed by atoms with van der Waals surface area (Å²) in [5.41, 5.74) is 0.919. The Morgan fingerprint density at radius 1 is 1.18 bits per heavy atom. The number of carbonyl (C=O) groups excluding carboxylic acids is 1. The Balaban J connectivity index is 1.89. The van der Waals surface area contributed by atoms with Crippen molar-refractivity contribution >= 4 is 5.91 Å². The highest BCUT2D eigenvalue weighted by atomic mass is 19.1. The summed E-state index contributed by atoms with van der Waals surface area (Å²) >= 11 is 0. The Kier molecular flexibility index (Phi) is 6.84. The van der Waals surface area contributed by atoms with Gasteiger partial charge in [-0.1, -0.05) is 38.3 Å². The minimum absolute atomic E-state index is 0.208. The van der Waals surface area contributed by atoms with E-state index < -0.39 is 0 Å². The summed E-state index contributed by atoms with van der Waals surface area (Å²) < 4.78 is 13.3. The fraction of sp³-hybridized carbons (Fsp3) is 0.611. The third-order valence-corrected chi connectivity index (χ3v) is 4.31. The fourth-order valence-electron chi connectivity index (χ4n) is 2.96. The Labute approximate surface area is 133 Å². The molecule has 1 heterocycles. The molecule has 1 aliphatic rings. The minimum atomic E-state index is -0.219. The second kappa shape index (κ2) is 8.89. The van der Waals surface area contributed by atoms with Crippen molar-refractivity contribution in [3.63, 3.8) is 0 Å². The molecule has 1 aliphatic heterocycles. The van der Waals surface area contributed by atoms with Gasteiger partial charge in [-0.3, -0.25) is 9.69 Å². The molecule has 2 rings (SSSR count). The van der Waals surface area contributed by atoms with Gasteiger partial charge in [0.1, 0.15) is 5.82 Å². The van der Waals surface area contributed by atoms with Crippen LogP contribution in [0.1, 0.15) is 44.6 Å². The number of rotatable bonds is 5. The first kappa shape index (κ1) is 16.9. The summed E-state index contributed by atoms with van der Waals surface area (Å²) in [7, 11) is 0. The number of carbonyl (C=O) groups is 1. The van der Waals surface area contributed by atoms with E-state index in [0.29, 0.717) is 13.1 Å². The van der Waals surface area contributed by atoms with Crippen LogP contribution in [0.15, 0.2) is 24.3 Å². The molecule has 0 saturated carbocycles. The van der Waals surface area contributed by atoms with E-state index in [4.69, 9.17) is 0 Å². The number of nitrogens with zero attached hydrogens (tertiary/aromatic N) is 2. The predicted octanol–water partition coefficient (Wildman–Crippen LogP) is 3.44. The number of benzene rings is 1. The lowest BCUT2D eigenvalue weighted by Gasteiger charge is -2.28. The highest BCUT2D eigenvalue weighted by Gasteiger charge is 2.17. The van der Waals surface area contributed by atoms with Crippen molar-refractivity contribution in [3.05, 3.63) is 35.6 Å². The van der Waals surface area contributed by atoms with Gasteiger partial charge in [-0.15, -0.1) is 0 Å². The number of likely N-dealkylation sites (tertiary alicyclic amines) is 1. The molecule has 1 saturated heterocycles. The minimum Gasteiger partial charge on any atom is -0.342 e. The standard InChI is InChI=1S/C18H27FN2O/c1-2-20(14-16-9-8-10-17(19)13-16)15-18(22)21-11-6-4-3-5-7-12-21/h8-10,13H,2-7,11-12,14-15H2,1H3. The molecular formula is C18H27FN2O. The van der Waals surface area contributed by atoms with E-state index in [2.05, 4.69) is 4.90 Å². The number of hydrogen-bond acceptors (Lipinski definition) is 2. The summed E-state index contributed by atoms with van der Waals surface area (Å²) in [5, 5.41) is 0. The zero-order valence-corrected chi connectivity index (χ0v) is 13.6. The molecular weight excluding hydrogens is 279 g/mol. The van der Waals surface area contributed by atoms with Crippen LogP contribution in [-0.4, -0.2) is 41.9 Å². The second-order valence-corrected chi connectivity index (χ2v) is 6.08. The first-order valence-electron chi connectivity index (χ1n) is 8.43. The molecule has 0 radical (unpaired) electrons.